The van der Waals surface area contributed by atoms with Crippen molar-refractivity contribution in [1.82, 2.24) is 20.5 Å². The number of hydrogen-bond acceptors (Lipinski definition) is 8. The van der Waals surface area contributed by atoms with E-state index in [1.165, 1.54) is 17.1 Å². The van der Waals surface area contributed by atoms with E-state index in [1.807, 2.05) is 64.1 Å². The van der Waals surface area contributed by atoms with Gasteiger partial charge in [0.25, 0.3) is 17.7 Å². The Balaban J connectivity index is 1.27. The van der Waals surface area contributed by atoms with Gasteiger partial charge >= 0.3 is 0 Å². The van der Waals surface area contributed by atoms with E-state index >= 15 is 0 Å². The van der Waals surface area contributed by atoms with Crippen LogP contribution < -0.4 is 20.1 Å². The van der Waals surface area contributed by atoms with Crippen LogP contribution in [0.1, 0.15) is 57.3 Å². The molecule has 4 amide bonds. The van der Waals surface area contributed by atoms with E-state index in [9.17, 15) is 19.2 Å². The smallest absolute Gasteiger partial charge is 0.254 e. The lowest BCUT2D eigenvalue weighted by Crippen LogP contribution is -2.48. The van der Waals surface area contributed by atoms with Crippen molar-refractivity contribution in [2.45, 2.75) is 58.1 Å². The maximum Gasteiger partial charge on any atom is 0.254 e. The zero-order valence-electron chi connectivity index (χ0n) is 27.3. The van der Waals surface area contributed by atoms with Crippen molar-refractivity contribution in [3.05, 3.63) is 66.2 Å². The van der Waals surface area contributed by atoms with Crippen molar-refractivity contribution in [3.63, 3.8) is 0 Å². The van der Waals surface area contributed by atoms with Crippen molar-refractivity contribution >= 4 is 34.5 Å². The molecule has 3 aromatic rings. The number of nitrogens with zero attached hydrogens (tertiary/aromatic N) is 2. The number of hydrogen-bond donors (Lipinski definition) is 2. The second-order valence-electron chi connectivity index (χ2n) is 12.3. The molecular weight excluding hydrogens is 588 g/mol. The topological polar surface area (TPSA) is 136 Å². The highest BCUT2D eigenvalue weighted by Crippen LogP contribution is 2.33. The van der Waals surface area contributed by atoms with E-state index in [-0.39, 0.29) is 43.1 Å². The summed E-state index contributed by atoms with van der Waals surface area (Å²) in [6, 6.07) is 14.7. The Kier molecular flexibility index (Phi) is 10.8. The molecule has 11 heteroatoms. The first kappa shape index (κ1) is 34.1. The molecule has 4 rings (SSSR count). The van der Waals surface area contributed by atoms with Crippen LogP contribution in [-0.2, 0) is 19.1 Å². The zero-order valence-corrected chi connectivity index (χ0v) is 27.3. The third kappa shape index (κ3) is 8.28. The third-order valence-corrected chi connectivity index (χ3v) is 7.95. The molecule has 0 saturated carbocycles. The number of ether oxygens (including phenoxy) is 3. The van der Waals surface area contributed by atoms with Gasteiger partial charge in [0, 0.05) is 54.8 Å². The molecule has 0 radical (unpaired) electrons. The summed E-state index contributed by atoms with van der Waals surface area (Å²) in [5.74, 6) is 0.0684. The summed E-state index contributed by atoms with van der Waals surface area (Å²) in [5.41, 5.74) is 1.25. The predicted octanol–water partition coefficient (Wildman–Crippen LogP) is 4.43. The number of imide groups is 1. The van der Waals surface area contributed by atoms with Crippen LogP contribution in [0.4, 0.5) is 0 Å². The van der Waals surface area contributed by atoms with E-state index in [2.05, 4.69) is 10.6 Å². The second-order valence-corrected chi connectivity index (χ2v) is 12.3. The quantitative estimate of drug-likeness (QED) is 0.186. The van der Waals surface area contributed by atoms with Gasteiger partial charge < -0.3 is 24.8 Å². The molecule has 1 aliphatic rings. The van der Waals surface area contributed by atoms with Crippen molar-refractivity contribution in [2.24, 2.45) is 0 Å². The Bertz CT molecular complexity index is 1630. The van der Waals surface area contributed by atoms with Gasteiger partial charge in [0.2, 0.25) is 5.91 Å². The highest BCUT2D eigenvalue weighted by Gasteiger charge is 2.37. The van der Waals surface area contributed by atoms with Gasteiger partial charge in [-0.3, -0.25) is 24.1 Å². The van der Waals surface area contributed by atoms with Crippen molar-refractivity contribution in [1.29, 1.82) is 0 Å². The molecule has 11 nitrogen and oxygen atoms in total. The molecule has 2 heterocycles. The Morgan fingerprint density at radius 3 is 2.22 bits per heavy atom. The normalized spacial score (nSPS) is 13.3. The lowest BCUT2D eigenvalue weighted by atomic mass is 9.98. The average Bonchev–Trinajstić information content (AvgIpc) is 3.39. The van der Waals surface area contributed by atoms with Gasteiger partial charge in [0.05, 0.1) is 36.6 Å². The molecule has 244 valence electrons. The molecule has 0 unspecified atom stereocenters. The van der Waals surface area contributed by atoms with Crippen LogP contribution in [0.25, 0.3) is 22.2 Å². The van der Waals surface area contributed by atoms with Gasteiger partial charge in [-0.1, -0.05) is 18.2 Å². The number of benzene rings is 2. The minimum Gasteiger partial charge on any atom is -0.493 e. The number of amides is 4. The van der Waals surface area contributed by atoms with E-state index in [1.54, 1.807) is 26.4 Å². The Morgan fingerprint density at radius 2 is 1.52 bits per heavy atom. The van der Waals surface area contributed by atoms with Gasteiger partial charge in [0.1, 0.15) is 0 Å². The van der Waals surface area contributed by atoms with E-state index in [4.69, 9.17) is 19.2 Å². The number of carbonyl (C=O) groups is 4. The Hall–Kier alpha value is -4.77. The fraction of sp³-hybridized carbons (Fsp3) is 0.400. The number of methoxy groups -OCH3 is 2. The number of fused-ring (bicyclic) bond motifs is 1. The molecule has 2 aromatic carbocycles. The number of para-hydroxylation sites is 1. The van der Waals surface area contributed by atoms with Crippen LogP contribution in [-0.4, -0.2) is 78.6 Å². The summed E-state index contributed by atoms with van der Waals surface area (Å²) in [7, 11) is 3.13. The molecule has 0 fully saturated rings. The summed E-state index contributed by atoms with van der Waals surface area (Å²) in [6.45, 7) is 8.27. The summed E-state index contributed by atoms with van der Waals surface area (Å²) in [4.78, 5) is 56.0. The standard InChI is InChI=1S/C35H42N4O7/c1-34(2,39-31(41)13-14-32(39)42)17-20-46-35(3,4)16-15-30(40)36-18-19-37-33(43)25-22-27(38-26-10-8-7-9-24(25)26)23-11-12-28(44-5)29(21-23)45-6/h7-14,21-22H,15-20H2,1-6H3,(H,36,40)(H,37,43). The van der Waals surface area contributed by atoms with Crippen LogP contribution in [0.15, 0.2) is 60.7 Å². The minimum atomic E-state index is -0.692. The first-order valence-electron chi connectivity index (χ1n) is 15.2. The molecule has 0 spiro atoms. The maximum absolute atomic E-state index is 13.3. The third-order valence-electron chi connectivity index (χ3n) is 7.95. The van der Waals surface area contributed by atoms with Gasteiger partial charge in [-0.15, -0.1) is 0 Å². The van der Waals surface area contributed by atoms with Gasteiger partial charge in [-0.2, -0.15) is 0 Å². The molecule has 0 bridgehead atoms. The van der Waals surface area contributed by atoms with Crippen molar-refractivity contribution in [2.75, 3.05) is 33.9 Å². The first-order valence-corrected chi connectivity index (χ1v) is 15.2. The van der Waals surface area contributed by atoms with E-state index < -0.39 is 11.1 Å². The predicted molar refractivity (Wildman–Crippen MR) is 175 cm³/mol. The number of rotatable bonds is 15. The van der Waals surface area contributed by atoms with Crippen molar-refractivity contribution in [3.8, 4) is 22.8 Å². The summed E-state index contributed by atoms with van der Waals surface area (Å²) >= 11 is 0. The van der Waals surface area contributed by atoms with E-state index in [0.29, 0.717) is 53.1 Å². The van der Waals surface area contributed by atoms with Gasteiger partial charge in [-0.25, -0.2) is 4.98 Å². The number of aromatic nitrogens is 1. The molecule has 0 aliphatic carbocycles. The second kappa shape index (κ2) is 14.6. The van der Waals surface area contributed by atoms with Crippen LogP contribution in [0.3, 0.4) is 0 Å². The first-order chi connectivity index (χ1) is 21.8. The lowest BCUT2D eigenvalue weighted by molar-refractivity contribution is -0.144. The fourth-order valence-corrected chi connectivity index (χ4v) is 5.24. The molecule has 0 saturated heterocycles. The Labute approximate surface area is 269 Å². The molecule has 0 atom stereocenters. The number of pyridine rings is 1. The Morgan fingerprint density at radius 1 is 0.848 bits per heavy atom. The van der Waals surface area contributed by atoms with Crippen LogP contribution in [0.5, 0.6) is 11.5 Å². The largest absolute Gasteiger partial charge is 0.493 e. The van der Waals surface area contributed by atoms with Crippen LogP contribution >= 0.6 is 0 Å². The maximum atomic E-state index is 13.3. The monoisotopic (exact) mass is 630 g/mol. The number of carbonyl (C=O) groups excluding carboxylic acids is 4. The molecular formula is C35H42N4O7. The lowest BCUT2D eigenvalue weighted by Gasteiger charge is -2.35. The molecule has 46 heavy (non-hydrogen) atoms. The van der Waals surface area contributed by atoms with Crippen LogP contribution in [0, 0.1) is 0 Å². The molecule has 1 aliphatic heterocycles. The highest BCUT2D eigenvalue weighted by molar-refractivity contribution is 6.13. The minimum absolute atomic E-state index is 0.157. The van der Waals surface area contributed by atoms with E-state index in [0.717, 1.165) is 5.56 Å². The fourth-order valence-electron chi connectivity index (χ4n) is 5.24. The highest BCUT2D eigenvalue weighted by atomic mass is 16.5. The van der Waals surface area contributed by atoms with Crippen molar-refractivity contribution < 1.29 is 33.4 Å². The zero-order chi connectivity index (χ0) is 33.5. The summed E-state index contributed by atoms with van der Waals surface area (Å²) in [6.07, 6.45) is 3.72. The summed E-state index contributed by atoms with van der Waals surface area (Å²) < 4.78 is 16.8. The molecule has 1 aromatic heterocycles. The van der Waals surface area contributed by atoms with Gasteiger partial charge in [0.15, 0.2) is 11.5 Å². The number of nitrogens with one attached hydrogen (secondary N) is 2. The van der Waals surface area contributed by atoms with Gasteiger partial charge in [-0.05, 0) is 70.9 Å². The van der Waals surface area contributed by atoms with Crippen LogP contribution in [0.2, 0.25) is 0 Å². The molecule has 2 N–H and O–H groups in total. The average molecular weight is 631 g/mol. The SMILES string of the molecule is COc1ccc(-c2cc(C(=O)NCCNC(=O)CCC(C)(C)OCCC(C)(C)N3C(=O)C=CC3=O)c3ccccc3n2)cc1OC. The summed E-state index contributed by atoms with van der Waals surface area (Å²) in [5, 5.41) is 6.47.